The van der Waals surface area contributed by atoms with Crippen LogP contribution in [0.5, 0.6) is 0 Å². The molecule has 0 aliphatic rings. The largest absolute Gasteiger partial charge is 0.207 e. The molecule has 0 amide bonds. The fraction of sp³-hybridized carbons (Fsp3) is 0.143. The van der Waals surface area contributed by atoms with Gasteiger partial charge in [-0.3, -0.25) is 0 Å². The molecule has 0 bridgehead atoms. The topological polar surface area (TPSA) is 0 Å². The molecule has 0 nitrogen and oxygen atoms in total. The number of benzene rings is 1. The molecule has 5 heteroatoms. The first kappa shape index (κ1) is 10.2. The third-order valence-electron chi connectivity index (χ3n) is 1.30. The number of hydrogen-bond donors (Lipinski definition) is 0. The van der Waals surface area contributed by atoms with Crippen LogP contribution in [0.1, 0.15) is 10.4 Å². The molecular formula is C7H3BrCl2F2. The van der Waals surface area contributed by atoms with Gasteiger partial charge in [0.05, 0.1) is 4.47 Å². The molecule has 0 atom stereocenters. The van der Waals surface area contributed by atoms with Crippen LogP contribution in [0.25, 0.3) is 0 Å². The lowest BCUT2D eigenvalue weighted by atomic mass is 10.2. The van der Waals surface area contributed by atoms with E-state index in [0.717, 1.165) is 12.1 Å². The minimum atomic E-state index is -1.07. The number of alkyl halides is 2. The van der Waals surface area contributed by atoms with Crippen molar-refractivity contribution in [3.05, 3.63) is 33.8 Å². The van der Waals surface area contributed by atoms with Crippen LogP contribution in [-0.4, -0.2) is 0 Å². The zero-order valence-corrected chi connectivity index (χ0v) is 8.72. The average Bonchev–Trinajstić information content (AvgIpc) is 1.97. The van der Waals surface area contributed by atoms with Gasteiger partial charge in [0.1, 0.15) is 16.5 Å². The summed E-state index contributed by atoms with van der Waals surface area (Å²) in [5, 5.41) is 0. The zero-order valence-electron chi connectivity index (χ0n) is 5.62. The van der Waals surface area contributed by atoms with E-state index in [1.807, 2.05) is 0 Å². The highest BCUT2D eigenvalue weighted by molar-refractivity contribution is 9.10. The highest BCUT2D eigenvalue weighted by Gasteiger charge is 2.16. The summed E-state index contributed by atoms with van der Waals surface area (Å²) in [5.41, 5.74) is -0.0710. The third kappa shape index (κ3) is 1.90. The Morgan fingerprint density at radius 1 is 1.17 bits per heavy atom. The predicted octanol–water partition coefficient (Wildman–Crippen LogP) is 4.20. The van der Waals surface area contributed by atoms with Crippen LogP contribution < -0.4 is 0 Å². The molecule has 0 saturated carbocycles. The second-order valence-corrected chi connectivity index (χ2v) is 3.95. The SMILES string of the molecule is Fc1ccc(F)c(C(Cl)Cl)c1Br. The van der Waals surface area contributed by atoms with Gasteiger partial charge >= 0.3 is 0 Å². The molecule has 0 radical (unpaired) electrons. The maximum atomic E-state index is 12.9. The molecule has 0 aliphatic carbocycles. The van der Waals surface area contributed by atoms with E-state index in [4.69, 9.17) is 23.2 Å². The van der Waals surface area contributed by atoms with E-state index in [-0.39, 0.29) is 10.0 Å². The van der Waals surface area contributed by atoms with Gasteiger partial charge in [-0.2, -0.15) is 0 Å². The Morgan fingerprint density at radius 2 is 1.67 bits per heavy atom. The van der Waals surface area contributed by atoms with Gasteiger partial charge in [-0.25, -0.2) is 8.78 Å². The molecule has 0 aromatic heterocycles. The van der Waals surface area contributed by atoms with Crippen molar-refractivity contribution in [2.75, 3.05) is 0 Å². The van der Waals surface area contributed by atoms with Crippen molar-refractivity contribution in [1.29, 1.82) is 0 Å². The molecule has 0 fully saturated rings. The smallest absolute Gasteiger partial charge is 0.137 e. The Hall–Kier alpha value is 0.140. The lowest BCUT2D eigenvalue weighted by Gasteiger charge is -2.06. The lowest BCUT2D eigenvalue weighted by Crippen LogP contribution is -1.93. The van der Waals surface area contributed by atoms with E-state index >= 15 is 0 Å². The summed E-state index contributed by atoms with van der Waals surface area (Å²) in [4.78, 5) is -1.07. The van der Waals surface area contributed by atoms with Crippen LogP contribution in [0.2, 0.25) is 0 Å². The van der Waals surface area contributed by atoms with Gasteiger partial charge in [0.2, 0.25) is 0 Å². The normalized spacial score (nSPS) is 10.8. The van der Waals surface area contributed by atoms with Crippen molar-refractivity contribution in [2.24, 2.45) is 0 Å². The molecule has 1 rings (SSSR count). The Balaban J connectivity index is 3.33. The molecule has 0 aliphatic heterocycles. The molecule has 1 aromatic rings. The first-order valence-electron chi connectivity index (χ1n) is 2.95. The second-order valence-electron chi connectivity index (χ2n) is 2.06. The Kier molecular flexibility index (Phi) is 3.32. The summed E-state index contributed by atoms with van der Waals surface area (Å²) in [6.45, 7) is 0. The summed E-state index contributed by atoms with van der Waals surface area (Å²) in [6.07, 6.45) is 0. The van der Waals surface area contributed by atoms with Crippen LogP contribution in [0.3, 0.4) is 0 Å². The van der Waals surface area contributed by atoms with Crippen molar-refractivity contribution in [3.63, 3.8) is 0 Å². The zero-order chi connectivity index (χ0) is 9.30. The fourth-order valence-electron chi connectivity index (χ4n) is 0.743. The van der Waals surface area contributed by atoms with Crippen LogP contribution in [-0.2, 0) is 0 Å². The molecule has 0 saturated heterocycles. The fourth-order valence-corrected chi connectivity index (χ4v) is 1.98. The monoisotopic (exact) mass is 274 g/mol. The van der Waals surface area contributed by atoms with Gasteiger partial charge in [0.15, 0.2) is 0 Å². The molecule has 0 N–H and O–H groups in total. The van der Waals surface area contributed by atoms with E-state index < -0.39 is 16.5 Å². The molecule has 0 unspecified atom stereocenters. The van der Waals surface area contributed by atoms with Gasteiger partial charge in [-0.1, -0.05) is 23.2 Å². The van der Waals surface area contributed by atoms with Gasteiger partial charge in [-0.15, -0.1) is 0 Å². The molecule has 1 aromatic carbocycles. The van der Waals surface area contributed by atoms with E-state index in [1.54, 1.807) is 0 Å². The van der Waals surface area contributed by atoms with Gasteiger partial charge < -0.3 is 0 Å². The van der Waals surface area contributed by atoms with E-state index in [0.29, 0.717) is 0 Å². The first-order valence-corrected chi connectivity index (χ1v) is 4.62. The number of hydrogen-bond acceptors (Lipinski definition) is 0. The van der Waals surface area contributed by atoms with Crippen LogP contribution in [0, 0.1) is 11.6 Å². The predicted molar refractivity (Wildman–Crippen MR) is 48.5 cm³/mol. The maximum Gasteiger partial charge on any atom is 0.137 e. The van der Waals surface area contributed by atoms with Crippen LogP contribution >= 0.6 is 39.1 Å². The molecule has 0 heterocycles. The summed E-state index contributed by atoms with van der Waals surface area (Å²) in [7, 11) is 0. The van der Waals surface area contributed by atoms with E-state index in [9.17, 15) is 8.78 Å². The molecular weight excluding hydrogens is 273 g/mol. The minimum Gasteiger partial charge on any atom is -0.207 e. The molecule has 12 heavy (non-hydrogen) atoms. The van der Waals surface area contributed by atoms with Crippen LogP contribution in [0.15, 0.2) is 16.6 Å². The first-order chi connectivity index (χ1) is 5.54. The highest BCUT2D eigenvalue weighted by atomic mass is 79.9. The van der Waals surface area contributed by atoms with Crippen molar-refractivity contribution in [3.8, 4) is 0 Å². The average molecular weight is 276 g/mol. The molecule has 0 spiro atoms. The van der Waals surface area contributed by atoms with E-state index in [2.05, 4.69) is 15.9 Å². The van der Waals surface area contributed by atoms with Gasteiger partial charge in [0.25, 0.3) is 0 Å². The second kappa shape index (κ2) is 3.90. The standard InChI is InChI=1S/C7H3BrCl2F2/c8-6-4(12)2-1-3(11)5(6)7(9)10/h1-2,7H. The quantitative estimate of drug-likeness (QED) is 0.532. The van der Waals surface area contributed by atoms with Crippen LogP contribution in [0.4, 0.5) is 8.78 Å². The summed E-state index contributed by atoms with van der Waals surface area (Å²) in [6, 6.07) is 1.98. The Morgan fingerprint density at radius 3 is 2.08 bits per heavy atom. The number of rotatable bonds is 1. The van der Waals surface area contributed by atoms with Gasteiger partial charge in [0, 0.05) is 5.56 Å². The number of halogens is 5. The van der Waals surface area contributed by atoms with Gasteiger partial charge in [-0.05, 0) is 28.1 Å². The molecule has 66 valence electrons. The lowest BCUT2D eigenvalue weighted by molar-refractivity contribution is 0.584. The van der Waals surface area contributed by atoms with Crippen molar-refractivity contribution < 1.29 is 8.78 Å². The summed E-state index contributed by atoms with van der Waals surface area (Å²) in [5.74, 6) is -1.21. The minimum absolute atomic E-state index is 0.0301. The maximum absolute atomic E-state index is 12.9. The Labute approximate surface area is 86.6 Å². The summed E-state index contributed by atoms with van der Waals surface area (Å²) < 4.78 is 25.7. The van der Waals surface area contributed by atoms with Crippen molar-refractivity contribution in [2.45, 2.75) is 4.84 Å². The van der Waals surface area contributed by atoms with Crippen molar-refractivity contribution >= 4 is 39.1 Å². The third-order valence-corrected chi connectivity index (χ3v) is 2.54. The highest BCUT2D eigenvalue weighted by Crippen LogP contribution is 2.34. The Bertz CT molecular complexity index is 302. The van der Waals surface area contributed by atoms with E-state index in [1.165, 1.54) is 0 Å². The summed E-state index contributed by atoms with van der Waals surface area (Å²) >= 11 is 13.7. The van der Waals surface area contributed by atoms with Crippen molar-refractivity contribution in [1.82, 2.24) is 0 Å².